The number of nitrogens with one attached hydrogen (secondary N) is 1. The van der Waals surface area contributed by atoms with E-state index in [1.807, 2.05) is 18.3 Å². The van der Waals surface area contributed by atoms with Crippen LogP contribution in [0, 0.1) is 12.8 Å². The molecule has 1 aliphatic carbocycles. The third-order valence-electron chi connectivity index (χ3n) is 8.19. The fraction of sp³-hybridized carbons (Fsp3) is 0.500. The molecule has 2 atom stereocenters. The number of hydrogen-bond acceptors (Lipinski definition) is 4. The number of H-pyrrole nitrogens is 1. The highest BCUT2D eigenvalue weighted by Gasteiger charge is 2.32. The average molecular weight is 491 g/mol. The Morgan fingerprint density at radius 3 is 2.61 bits per heavy atom. The molecule has 6 heteroatoms. The molecule has 192 valence electrons. The normalized spacial score (nSPS) is 21.6. The van der Waals surface area contributed by atoms with Gasteiger partial charge < -0.3 is 19.6 Å². The molecule has 0 spiro atoms. The summed E-state index contributed by atoms with van der Waals surface area (Å²) in [5.41, 5.74) is 4.97. The number of aromatic amines is 1. The number of benzene rings is 2. The predicted molar refractivity (Wildman–Crippen MR) is 142 cm³/mol. The quantitative estimate of drug-likeness (QED) is 0.378. The number of carboxylic acids is 1. The molecule has 0 radical (unpaired) electrons. The van der Waals surface area contributed by atoms with Crippen LogP contribution in [-0.2, 0) is 11.3 Å². The van der Waals surface area contributed by atoms with Crippen LogP contribution in [0.3, 0.4) is 0 Å². The molecule has 2 N–H and O–H groups in total. The van der Waals surface area contributed by atoms with E-state index >= 15 is 0 Å². The molecule has 1 saturated heterocycles. The number of hydrogen-bond donors (Lipinski definition) is 2. The molecule has 36 heavy (non-hydrogen) atoms. The van der Waals surface area contributed by atoms with Crippen LogP contribution in [0.4, 0.5) is 0 Å². The molecule has 1 aromatic heterocycles. The molecular weight excluding hydrogens is 452 g/mol. The van der Waals surface area contributed by atoms with Crippen LogP contribution in [0.2, 0.25) is 0 Å². The number of carboxylic acid groups (broad SMARTS) is 1. The van der Waals surface area contributed by atoms with E-state index in [9.17, 15) is 9.90 Å². The van der Waals surface area contributed by atoms with Crippen molar-refractivity contribution in [2.75, 3.05) is 20.3 Å². The summed E-state index contributed by atoms with van der Waals surface area (Å²) in [6.45, 7) is 4.65. The Kier molecular flexibility index (Phi) is 7.63. The van der Waals surface area contributed by atoms with E-state index in [0.29, 0.717) is 11.5 Å². The first kappa shape index (κ1) is 24.8. The maximum absolute atomic E-state index is 11.4. The first-order valence-electron chi connectivity index (χ1n) is 13.4. The molecule has 0 amide bonds. The van der Waals surface area contributed by atoms with Crippen molar-refractivity contribution in [1.82, 2.24) is 9.88 Å². The van der Waals surface area contributed by atoms with Crippen LogP contribution < -0.4 is 4.74 Å². The second-order valence-corrected chi connectivity index (χ2v) is 10.5. The minimum Gasteiger partial charge on any atom is -0.496 e. The highest BCUT2D eigenvalue weighted by atomic mass is 16.5. The van der Waals surface area contributed by atoms with E-state index in [1.165, 1.54) is 48.6 Å². The standard InChI is InChI=1S/C30H38N2O4/c1-20-16-28(35-2)26(25-12-14-31-29(20)25)18-32-15-13-24(36-19-21-6-4-3-5-7-21)17-27(32)22-8-10-23(11-9-22)30(33)34/h8-12,14,16,21,24,27,31H,3-7,13,15,17-19H2,1-2H3,(H,33,34)/t24-,27-/m1/s1. The molecule has 0 unspecified atom stereocenters. The van der Waals surface area contributed by atoms with Crippen LogP contribution >= 0.6 is 0 Å². The summed E-state index contributed by atoms with van der Waals surface area (Å²) in [6, 6.07) is 11.8. The summed E-state index contributed by atoms with van der Waals surface area (Å²) in [5, 5.41) is 10.6. The van der Waals surface area contributed by atoms with Crippen LogP contribution in [0.25, 0.3) is 10.9 Å². The number of carbonyl (C=O) groups is 1. The Hall–Kier alpha value is -2.83. The number of aromatic nitrogens is 1. The Morgan fingerprint density at radius 1 is 1.11 bits per heavy atom. The van der Waals surface area contributed by atoms with Crippen LogP contribution in [0.1, 0.15) is 78.0 Å². The molecule has 3 aromatic rings. The maximum Gasteiger partial charge on any atom is 0.335 e. The van der Waals surface area contributed by atoms with Crippen molar-refractivity contribution in [3.63, 3.8) is 0 Å². The molecule has 2 heterocycles. The summed E-state index contributed by atoms with van der Waals surface area (Å²) < 4.78 is 12.3. The van der Waals surface area contributed by atoms with Crippen molar-refractivity contribution in [2.24, 2.45) is 5.92 Å². The molecule has 1 saturated carbocycles. The number of ether oxygens (including phenoxy) is 2. The van der Waals surface area contributed by atoms with Gasteiger partial charge in [-0.3, -0.25) is 4.90 Å². The van der Waals surface area contributed by atoms with Gasteiger partial charge in [-0.05, 0) is 73.9 Å². The summed E-state index contributed by atoms with van der Waals surface area (Å²) in [7, 11) is 1.74. The Morgan fingerprint density at radius 2 is 1.89 bits per heavy atom. The van der Waals surface area contributed by atoms with Crippen molar-refractivity contribution >= 4 is 16.9 Å². The van der Waals surface area contributed by atoms with Gasteiger partial charge >= 0.3 is 5.97 Å². The fourth-order valence-electron chi connectivity index (χ4n) is 6.13. The third kappa shape index (κ3) is 5.30. The zero-order chi connectivity index (χ0) is 25.1. The molecule has 2 fully saturated rings. The molecule has 2 aliphatic rings. The molecule has 2 aromatic carbocycles. The maximum atomic E-state index is 11.4. The van der Waals surface area contributed by atoms with E-state index in [0.717, 1.165) is 49.4 Å². The number of nitrogens with zero attached hydrogens (tertiary/aromatic N) is 1. The topological polar surface area (TPSA) is 74.8 Å². The lowest BCUT2D eigenvalue weighted by Crippen LogP contribution is -2.40. The average Bonchev–Trinajstić information content (AvgIpc) is 3.41. The highest BCUT2D eigenvalue weighted by molar-refractivity contribution is 5.88. The smallest absolute Gasteiger partial charge is 0.335 e. The first-order chi connectivity index (χ1) is 17.5. The van der Waals surface area contributed by atoms with Gasteiger partial charge in [0.25, 0.3) is 0 Å². The zero-order valence-electron chi connectivity index (χ0n) is 21.5. The number of fused-ring (bicyclic) bond motifs is 1. The number of rotatable bonds is 8. The molecule has 0 bridgehead atoms. The van der Waals surface area contributed by atoms with E-state index in [4.69, 9.17) is 9.47 Å². The van der Waals surface area contributed by atoms with Crippen molar-refractivity contribution < 1.29 is 19.4 Å². The Bertz CT molecular complexity index is 1180. The van der Waals surface area contributed by atoms with E-state index < -0.39 is 5.97 Å². The zero-order valence-corrected chi connectivity index (χ0v) is 21.5. The van der Waals surface area contributed by atoms with Crippen molar-refractivity contribution in [3.05, 3.63) is 64.8 Å². The fourth-order valence-corrected chi connectivity index (χ4v) is 6.13. The second kappa shape index (κ2) is 11.1. The minimum atomic E-state index is -0.894. The van der Waals surface area contributed by atoms with E-state index in [-0.39, 0.29) is 12.1 Å². The molecule has 6 nitrogen and oxygen atoms in total. The van der Waals surface area contributed by atoms with Crippen molar-refractivity contribution in [1.29, 1.82) is 0 Å². The van der Waals surface area contributed by atoms with E-state index in [1.54, 1.807) is 19.2 Å². The summed E-state index contributed by atoms with van der Waals surface area (Å²) in [4.78, 5) is 17.3. The Labute approximate surface area is 213 Å². The van der Waals surface area contributed by atoms with E-state index in [2.05, 4.69) is 28.9 Å². The molecule has 1 aliphatic heterocycles. The van der Waals surface area contributed by atoms with Crippen molar-refractivity contribution in [3.8, 4) is 5.75 Å². The Balaban J connectivity index is 1.39. The lowest BCUT2D eigenvalue weighted by Gasteiger charge is -2.40. The SMILES string of the molecule is COc1cc(C)c2[nH]ccc2c1CN1CC[C@@H](OCC2CCCCC2)C[C@@H]1c1ccc(C(=O)O)cc1. The molecule has 5 rings (SSSR count). The van der Waals surface area contributed by atoms with Crippen LogP contribution in [0.5, 0.6) is 5.75 Å². The number of aromatic carboxylic acids is 1. The summed E-state index contributed by atoms with van der Waals surface area (Å²) >= 11 is 0. The monoisotopic (exact) mass is 490 g/mol. The third-order valence-corrected chi connectivity index (χ3v) is 8.19. The van der Waals surface area contributed by atoms with Gasteiger partial charge in [0.05, 0.1) is 18.8 Å². The van der Waals surface area contributed by atoms with Crippen LogP contribution in [0.15, 0.2) is 42.6 Å². The van der Waals surface area contributed by atoms with Gasteiger partial charge in [0, 0.05) is 48.4 Å². The highest BCUT2D eigenvalue weighted by Crippen LogP contribution is 2.38. The van der Waals surface area contributed by atoms with Gasteiger partial charge in [-0.2, -0.15) is 0 Å². The number of likely N-dealkylation sites (tertiary alicyclic amines) is 1. The number of aryl methyl sites for hydroxylation is 1. The number of piperidine rings is 1. The van der Waals surface area contributed by atoms with Gasteiger partial charge in [-0.15, -0.1) is 0 Å². The van der Waals surface area contributed by atoms with Gasteiger partial charge in [-0.25, -0.2) is 4.79 Å². The largest absolute Gasteiger partial charge is 0.496 e. The van der Waals surface area contributed by atoms with Gasteiger partial charge in [0.2, 0.25) is 0 Å². The van der Waals surface area contributed by atoms with Gasteiger partial charge in [0.15, 0.2) is 0 Å². The van der Waals surface area contributed by atoms with Gasteiger partial charge in [-0.1, -0.05) is 31.4 Å². The lowest BCUT2D eigenvalue weighted by molar-refractivity contribution is -0.0358. The molecular formula is C30H38N2O4. The van der Waals surface area contributed by atoms with Crippen molar-refractivity contribution in [2.45, 2.75) is 70.6 Å². The lowest BCUT2D eigenvalue weighted by atomic mass is 9.89. The van der Waals surface area contributed by atoms with Crippen LogP contribution in [-0.4, -0.2) is 47.3 Å². The minimum absolute atomic E-state index is 0.151. The van der Waals surface area contributed by atoms with Gasteiger partial charge in [0.1, 0.15) is 5.75 Å². The second-order valence-electron chi connectivity index (χ2n) is 10.5. The summed E-state index contributed by atoms with van der Waals surface area (Å²) in [6.07, 6.45) is 10.7. The predicted octanol–water partition coefficient (Wildman–Crippen LogP) is 6.49. The summed E-state index contributed by atoms with van der Waals surface area (Å²) in [5.74, 6) is 0.717. The number of methoxy groups -OCH3 is 1. The first-order valence-corrected chi connectivity index (χ1v) is 13.4.